The van der Waals surface area contributed by atoms with Crippen LogP contribution in [0.5, 0.6) is 5.75 Å². The van der Waals surface area contributed by atoms with Crippen LogP contribution in [0.3, 0.4) is 0 Å². The Morgan fingerprint density at radius 1 is 1.29 bits per heavy atom. The molecule has 0 saturated heterocycles. The monoisotopic (exact) mass is 202 g/mol. The summed E-state index contributed by atoms with van der Waals surface area (Å²) in [5, 5.41) is 4.34. The smallest absolute Gasteiger partial charge is 0.123 e. The molecule has 1 unspecified atom stereocenters. The van der Waals surface area contributed by atoms with Crippen molar-refractivity contribution < 1.29 is 4.74 Å². The second-order valence-corrected chi connectivity index (χ2v) is 4.24. The summed E-state index contributed by atoms with van der Waals surface area (Å²) < 4.78 is 5.68. The minimum absolute atomic E-state index is 0.446. The standard InChI is InChI=1S/C12H10OS/c1-2-4-12-11(3-1)10-5-6-14-8-9(10)7-13-12/h1-6,8,10H,7H2. The molecule has 0 radical (unpaired) electrons. The second-order valence-electron chi connectivity index (χ2n) is 3.46. The van der Waals surface area contributed by atoms with Gasteiger partial charge in [-0.25, -0.2) is 0 Å². The van der Waals surface area contributed by atoms with Crippen LogP contribution < -0.4 is 4.74 Å². The maximum absolute atomic E-state index is 5.68. The summed E-state index contributed by atoms with van der Waals surface area (Å²) >= 11 is 1.73. The Labute approximate surface area is 87.5 Å². The molecule has 0 spiro atoms. The molecule has 3 rings (SSSR count). The molecule has 2 heteroatoms. The van der Waals surface area contributed by atoms with Gasteiger partial charge in [0.15, 0.2) is 0 Å². The third kappa shape index (κ3) is 1.18. The highest BCUT2D eigenvalue weighted by Crippen LogP contribution is 2.40. The molecule has 0 N–H and O–H groups in total. The molecule has 1 atom stereocenters. The predicted molar refractivity (Wildman–Crippen MR) is 59.5 cm³/mol. The Kier molecular flexibility index (Phi) is 1.88. The van der Waals surface area contributed by atoms with E-state index in [1.54, 1.807) is 11.8 Å². The molecule has 0 bridgehead atoms. The number of allylic oxidation sites excluding steroid dienone is 1. The summed E-state index contributed by atoms with van der Waals surface area (Å²) in [5.41, 5.74) is 2.66. The fourth-order valence-corrected chi connectivity index (χ4v) is 2.62. The van der Waals surface area contributed by atoms with Crippen LogP contribution in [-0.4, -0.2) is 6.61 Å². The lowest BCUT2D eigenvalue weighted by atomic mass is 9.90. The van der Waals surface area contributed by atoms with E-state index >= 15 is 0 Å². The lowest BCUT2D eigenvalue weighted by molar-refractivity contribution is 0.326. The number of para-hydroxylation sites is 1. The summed E-state index contributed by atoms with van der Waals surface area (Å²) in [5.74, 6) is 1.48. The number of ether oxygens (including phenoxy) is 1. The first-order valence-corrected chi connectivity index (χ1v) is 5.62. The van der Waals surface area contributed by atoms with Gasteiger partial charge < -0.3 is 4.74 Å². The lowest BCUT2D eigenvalue weighted by Crippen LogP contribution is -2.16. The van der Waals surface area contributed by atoms with Crippen molar-refractivity contribution >= 4 is 11.8 Å². The number of rotatable bonds is 0. The summed E-state index contributed by atoms with van der Waals surface area (Å²) in [6.45, 7) is 0.735. The quantitative estimate of drug-likeness (QED) is 0.638. The second kappa shape index (κ2) is 3.21. The largest absolute Gasteiger partial charge is 0.489 e. The number of fused-ring (bicyclic) bond motifs is 3. The van der Waals surface area contributed by atoms with Crippen LogP contribution >= 0.6 is 11.8 Å². The average molecular weight is 202 g/mol. The molecule has 2 heterocycles. The highest BCUT2D eigenvalue weighted by molar-refractivity contribution is 8.05. The van der Waals surface area contributed by atoms with E-state index in [1.807, 2.05) is 12.1 Å². The molecule has 0 fully saturated rings. The normalized spacial score (nSPS) is 23.1. The first-order valence-electron chi connectivity index (χ1n) is 4.68. The van der Waals surface area contributed by atoms with Crippen molar-refractivity contribution in [2.45, 2.75) is 5.92 Å². The zero-order valence-electron chi connectivity index (χ0n) is 7.64. The zero-order chi connectivity index (χ0) is 9.38. The van der Waals surface area contributed by atoms with Crippen LogP contribution in [0.15, 0.2) is 46.7 Å². The van der Waals surface area contributed by atoms with E-state index in [2.05, 4.69) is 29.0 Å². The molecule has 70 valence electrons. The van der Waals surface area contributed by atoms with Crippen LogP contribution in [-0.2, 0) is 0 Å². The van der Waals surface area contributed by atoms with E-state index in [0.29, 0.717) is 5.92 Å². The first kappa shape index (κ1) is 8.18. The Morgan fingerprint density at radius 3 is 3.21 bits per heavy atom. The zero-order valence-corrected chi connectivity index (χ0v) is 8.46. The van der Waals surface area contributed by atoms with Gasteiger partial charge in [0.1, 0.15) is 12.4 Å². The van der Waals surface area contributed by atoms with E-state index in [9.17, 15) is 0 Å². The van der Waals surface area contributed by atoms with Crippen LogP contribution in [0, 0.1) is 0 Å². The summed E-state index contributed by atoms with van der Waals surface area (Å²) in [4.78, 5) is 0. The minimum Gasteiger partial charge on any atom is -0.489 e. The van der Waals surface area contributed by atoms with Crippen LogP contribution in [0.4, 0.5) is 0 Å². The van der Waals surface area contributed by atoms with E-state index in [1.165, 1.54) is 11.1 Å². The van der Waals surface area contributed by atoms with Gasteiger partial charge in [-0.2, -0.15) is 0 Å². The molecule has 2 aliphatic rings. The van der Waals surface area contributed by atoms with E-state index in [-0.39, 0.29) is 0 Å². The third-order valence-corrected chi connectivity index (χ3v) is 3.37. The van der Waals surface area contributed by atoms with Crippen molar-refractivity contribution in [1.82, 2.24) is 0 Å². The van der Waals surface area contributed by atoms with Crippen molar-refractivity contribution in [2.75, 3.05) is 6.61 Å². The fourth-order valence-electron chi connectivity index (χ4n) is 1.90. The minimum atomic E-state index is 0.446. The van der Waals surface area contributed by atoms with Crippen molar-refractivity contribution in [3.8, 4) is 5.75 Å². The number of thioether (sulfide) groups is 1. The van der Waals surface area contributed by atoms with Gasteiger partial charge in [-0.05, 0) is 22.5 Å². The van der Waals surface area contributed by atoms with Crippen molar-refractivity contribution in [1.29, 1.82) is 0 Å². The molecule has 0 saturated carbocycles. The summed E-state index contributed by atoms with van der Waals surface area (Å²) in [6.07, 6.45) is 2.25. The average Bonchev–Trinajstić information content (AvgIpc) is 2.29. The maximum atomic E-state index is 5.68. The Balaban J connectivity index is 2.12. The lowest BCUT2D eigenvalue weighted by Gasteiger charge is -2.27. The molecule has 1 aromatic carbocycles. The van der Waals surface area contributed by atoms with Gasteiger partial charge in [0.2, 0.25) is 0 Å². The van der Waals surface area contributed by atoms with Crippen molar-refractivity contribution in [3.05, 3.63) is 52.3 Å². The maximum Gasteiger partial charge on any atom is 0.123 e. The Morgan fingerprint density at radius 2 is 2.21 bits per heavy atom. The van der Waals surface area contributed by atoms with Crippen molar-refractivity contribution in [2.24, 2.45) is 0 Å². The van der Waals surface area contributed by atoms with Gasteiger partial charge in [-0.15, -0.1) is 11.8 Å². The first-order chi connectivity index (χ1) is 6.95. The van der Waals surface area contributed by atoms with Crippen LogP contribution in [0.25, 0.3) is 0 Å². The molecule has 0 amide bonds. The summed E-state index contributed by atoms with van der Waals surface area (Å²) in [7, 11) is 0. The van der Waals surface area contributed by atoms with Gasteiger partial charge >= 0.3 is 0 Å². The molecule has 0 aliphatic carbocycles. The van der Waals surface area contributed by atoms with E-state index in [0.717, 1.165) is 12.4 Å². The molecule has 0 aromatic heterocycles. The van der Waals surface area contributed by atoms with Crippen LogP contribution in [0.1, 0.15) is 11.5 Å². The van der Waals surface area contributed by atoms with Crippen molar-refractivity contribution in [3.63, 3.8) is 0 Å². The SMILES string of the molecule is C1=CC2C(=CS1)COc1ccccc12. The molecule has 1 aromatic rings. The number of benzene rings is 1. The topological polar surface area (TPSA) is 9.23 Å². The number of hydrogen-bond acceptors (Lipinski definition) is 2. The molecule has 14 heavy (non-hydrogen) atoms. The fraction of sp³-hybridized carbons (Fsp3) is 0.167. The van der Waals surface area contributed by atoms with Gasteiger partial charge in [-0.3, -0.25) is 0 Å². The molecule has 2 aliphatic heterocycles. The van der Waals surface area contributed by atoms with Crippen LogP contribution in [0.2, 0.25) is 0 Å². The summed E-state index contributed by atoms with van der Waals surface area (Å²) in [6, 6.07) is 8.28. The highest BCUT2D eigenvalue weighted by atomic mass is 32.2. The highest BCUT2D eigenvalue weighted by Gasteiger charge is 2.24. The van der Waals surface area contributed by atoms with E-state index < -0.39 is 0 Å². The molecule has 1 nitrogen and oxygen atoms in total. The van der Waals surface area contributed by atoms with Gasteiger partial charge in [0.05, 0.1) is 0 Å². The molecular formula is C12H10OS. The predicted octanol–water partition coefficient (Wildman–Crippen LogP) is 3.31. The van der Waals surface area contributed by atoms with Gasteiger partial charge in [0.25, 0.3) is 0 Å². The molecular weight excluding hydrogens is 192 g/mol. The Hall–Kier alpha value is -1.15. The van der Waals surface area contributed by atoms with Gasteiger partial charge in [-0.1, -0.05) is 24.3 Å². The third-order valence-electron chi connectivity index (χ3n) is 2.62. The van der Waals surface area contributed by atoms with Gasteiger partial charge in [0, 0.05) is 11.5 Å². The number of hydrogen-bond donors (Lipinski definition) is 0. The van der Waals surface area contributed by atoms with E-state index in [4.69, 9.17) is 4.74 Å². The Bertz CT molecular complexity index is 420.